The van der Waals surface area contributed by atoms with E-state index < -0.39 is 10.2 Å². The Morgan fingerprint density at radius 1 is 1.14 bits per heavy atom. The minimum absolute atomic E-state index is 0.139. The largest absolute Gasteiger partial charge is 0.320 e. The van der Waals surface area contributed by atoms with Gasteiger partial charge in [0.2, 0.25) is 0 Å². The van der Waals surface area contributed by atoms with Crippen molar-refractivity contribution < 1.29 is 8.42 Å². The lowest BCUT2D eigenvalue weighted by Gasteiger charge is -2.37. The number of hydrogen-bond acceptors (Lipinski definition) is 4. The molecule has 1 atom stereocenters. The number of rotatable bonds is 3. The summed E-state index contributed by atoms with van der Waals surface area (Å²) in [5.74, 6) is 1.64. The first-order valence-electron chi connectivity index (χ1n) is 8.07. The van der Waals surface area contributed by atoms with E-state index in [2.05, 4.69) is 17.1 Å². The van der Waals surface area contributed by atoms with Crippen LogP contribution in [-0.4, -0.2) is 58.0 Å². The summed E-state index contributed by atoms with van der Waals surface area (Å²) in [5.41, 5.74) is 0. The van der Waals surface area contributed by atoms with Crippen LogP contribution in [0.1, 0.15) is 44.3 Å². The Bertz CT molecular complexity index is 607. The molecular weight excluding hydrogens is 302 g/mol. The highest BCUT2D eigenvalue weighted by Gasteiger charge is 2.36. The first-order valence-corrected chi connectivity index (χ1v) is 9.47. The number of piperidine rings is 2. The molecule has 0 radical (unpaired) electrons. The molecule has 7 nitrogen and oxygen atoms in total. The van der Waals surface area contributed by atoms with E-state index in [0.29, 0.717) is 32.1 Å². The molecule has 3 rings (SSSR count). The van der Waals surface area contributed by atoms with Crippen molar-refractivity contribution >= 4 is 10.2 Å². The van der Waals surface area contributed by atoms with E-state index in [-0.39, 0.29) is 5.92 Å². The lowest BCUT2D eigenvalue weighted by atomic mass is 9.99. The Hall–Kier alpha value is -0.990. The minimum atomic E-state index is -3.34. The predicted octanol–water partition coefficient (Wildman–Crippen LogP) is 0.971. The van der Waals surface area contributed by atoms with Gasteiger partial charge in [-0.3, -0.25) is 0 Å². The van der Waals surface area contributed by atoms with Crippen LogP contribution in [0, 0.1) is 5.92 Å². The summed E-state index contributed by atoms with van der Waals surface area (Å²) < 4.78 is 30.9. The number of hydrogen-bond donors (Lipinski definition) is 0. The molecule has 0 saturated carbocycles. The SMILES string of the molecule is CC1CCN(S(=O)(=O)N2CCC[C@H](c3nncn3C)C2)CC1. The van der Waals surface area contributed by atoms with Crippen LogP contribution >= 0.6 is 0 Å². The van der Waals surface area contributed by atoms with E-state index in [1.54, 1.807) is 14.9 Å². The second kappa shape index (κ2) is 6.25. The molecule has 1 aromatic heterocycles. The van der Waals surface area contributed by atoms with Gasteiger partial charge in [-0.25, -0.2) is 0 Å². The molecule has 2 fully saturated rings. The lowest BCUT2D eigenvalue weighted by molar-refractivity contribution is 0.243. The van der Waals surface area contributed by atoms with Gasteiger partial charge in [0, 0.05) is 39.1 Å². The maximum absolute atomic E-state index is 12.9. The zero-order valence-electron chi connectivity index (χ0n) is 13.3. The molecule has 2 aliphatic heterocycles. The topological polar surface area (TPSA) is 71.3 Å². The summed E-state index contributed by atoms with van der Waals surface area (Å²) >= 11 is 0. The highest BCUT2D eigenvalue weighted by Crippen LogP contribution is 2.29. The molecule has 2 aliphatic rings. The molecule has 8 heteroatoms. The summed E-state index contributed by atoms with van der Waals surface area (Å²) in [4.78, 5) is 0. The highest BCUT2D eigenvalue weighted by molar-refractivity contribution is 7.86. The molecule has 0 amide bonds. The van der Waals surface area contributed by atoms with Gasteiger partial charge in [0.1, 0.15) is 12.2 Å². The van der Waals surface area contributed by atoms with Gasteiger partial charge in [0.15, 0.2) is 0 Å². The molecule has 0 N–H and O–H groups in total. The van der Waals surface area contributed by atoms with E-state index in [4.69, 9.17) is 0 Å². The quantitative estimate of drug-likeness (QED) is 0.829. The highest BCUT2D eigenvalue weighted by atomic mass is 32.2. The van der Waals surface area contributed by atoms with Gasteiger partial charge < -0.3 is 4.57 Å². The van der Waals surface area contributed by atoms with Crippen molar-refractivity contribution in [3.05, 3.63) is 12.2 Å². The Labute approximate surface area is 132 Å². The first kappa shape index (κ1) is 15.9. The third-order valence-corrected chi connectivity index (χ3v) is 6.89. The van der Waals surface area contributed by atoms with E-state index in [9.17, 15) is 8.42 Å². The van der Waals surface area contributed by atoms with Crippen LogP contribution in [0.2, 0.25) is 0 Å². The second-order valence-electron chi connectivity index (χ2n) is 6.59. The summed E-state index contributed by atoms with van der Waals surface area (Å²) in [6.45, 7) is 4.61. The molecule has 0 aliphatic carbocycles. The Balaban J connectivity index is 1.72. The van der Waals surface area contributed by atoms with Crippen LogP contribution < -0.4 is 0 Å². The van der Waals surface area contributed by atoms with E-state index >= 15 is 0 Å². The minimum Gasteiger partial charge on any atom is -0.320 e. The molecule has 2 saturated heterocycles. The van der Waals surface area contributed by atoms with Gasteiger partial charge in [-0.05, 0) is 31.6 Å². The zero-order chi connectivity index (χ0) is 15.7. The molecule has 22 heavy (non-hydrogen) atoms. The fraction of sp³-hybridized carbons (Fsp3) is 0.857. The molecule has 3 heterocycles. The number of aryl methyl sites for hydroxylation is 1. The van der Waals surface area contributed by atoms with E-state index in [1.807, 2.05) is 11.6 Å². The van der Waals surface area contributed by atoms with Crippen LogP contribution in [0.4, 0.5) is 0 Å². The first-order chi connectivity index (χ1) is 10.5. The average Bonchev–Trinajstić information content (AvgIpc) is 2.94. The second-order valence-corrected chi connectivity index (χ2v) is 8.52. The summed E-state index contributed by atoms with van der Waals surface area (Å²) in [6, 6.07) is 0. The molecule has 0 spiro atoms. The molecular formula is C14H25N5O2S. The van der Waals surface area contributed by atoms with E-state index in [0.717, 1.165) is 31.5 Å². The summed E-state index contributed by atoms with van der Waals surface area (Å²) in [5, 5.41) is 8.07. The van der Waals surface area contributed by atoms with Crippen molar-refractivity contribution in [3.8, 4) is 0 Å². The third kappa shape index (κ3) is 3.04. The van der Waals surface area contributed by atoms with Crippen LogP contribution in [0.15, 0.2) is 6.33 Å². The van der Waals surface area contributed by atoms with Crippen molar-refractivity contribution in [2.24, 2.45) is 13.0 Å². The Morgan fingerprint density at radius 2 is 1.86 bits per heavy atom. The van der Waals surface area contributed by atoms with Crippen LogP contribution in [0.25, 0.3) is 0 Å². The van der Waals surface area contributed by atoms with Gasteiger partial charge in [0.25, 0.3) is 10.2 Å². The summed E-state index contributed by atoms with van der Waals surface area (Å²) in [7, 11) is -1.42. The maximum atomic E-state index is 12.9. The van der Waals surface area contributed by atoms with Crippen LogP contribution in [0.5, 0.6) is 0 Å². The molecule has 0 aromatic carbocycles. The number of nitrogens with zero attached hydrogens (tertiary/aromatic N) is 5. The predicted molar refractivity (Wildman–Crippen MR) is 83.4 cm³/mol. The van der Waals surface area contributed by atoms with Gasteiger partial charge in [0.05, 0.1) is 0 Å². The van der Waals surface area contributed by atoms with Crippen molar-refractivity contribution in [2.75, 3.05) is 26.2 Å². The fourth-order valence-electron chi connectivity index (χ4n) is 3.40. The average molecular weight is 327 g/mol. The molecule has 0 unspecified atom stereocenters. The standard InChI is InChI=1S/C14H25N5O2S/c1-12-5-8-18(9-6-12)22(20,21)19-7-3-4-13(10-19)14-16-15-11-17(14)2/h11-13H,3-10H2,1-2H3/t13-/m0/s1. The van der Waals surface area contributed by atoms with Gasteiger partial charge in [-0.2, -0.15) is 17.0 Å². The van der Waals surface area contributed by atoms with Gasteiger partial charge in [-0.15, -0.1) is 10.2 Å². The molecule has 1 aromatic rings. The number of aromatic nitrogens is 3. The van der Waals surface area contributed by atoms with Crippen LogP contribution in [-0.2, 0) is 17.3 Å². The van der Waals surface area contributed by atoms with Crippen molar-refractivity contribution in [3.63, 3.8) is 0 Å². The van der Waals surface area contributed by atoms with Gasteiger partial charge in [-0.1, -0.05) is 6.92 Å². The normalized spacial score (nSPS) is 26.4. The summed E-state index contributed by atoms with van der Waals surface area (Å²) in [6.07, 6.45) is 5.44. The smallest absolute Gasteiger partial charge is 0.281 e. The van der Waals surface area contributed by atoms with Crippen molar-refractivity contribution in [1.82, 2.24) is 23.4 Å². The van der Waals surface area contributed by atoms with Crippen molar-refractivity contribution in [2.45, 2.75) is 38.5 Å². The monoisotopic (exact) mass is 327 g/mol. The van der Waals surface area contributed by atoms with Gasteiger partial charge >= 0.3 is 0 Å². The maximum Gasteiger partial charge on any atom is 0.281 e. The lowest BCUT2D eigenvalue weighted by Crippen LogP contribution is -2.49. The molecule has 0 bridgehead atoms. The van der Waals surface area contributed by atoms with Crippen molar-refractivity contribution in [1.29, 1.82) is 0 Å². The van der Waals surface area contributed by atoms with E-state index in [1.165, 1.54) is 0 Å². The fourth-order valence-corrected chi connectivity index (χ4v) is 5.13. The zero-order valence-corrected chi connectivity index (χ0v) is 14.2. The molecule has 124 valence electrons. The Morgan fingerprint density at radius 3 is 2.50 bits per heavy atom. The Kier molecular flexibility index (Phi) is 4.52. The third-order valence-electron chi connectivity index (χ3n) is 4.89. The van der Waals surface area contributed by atoms with Crippen LogP contribution in [0.3, 0.4) is 0 Å².